The number of aromatic nitrogens is 2. The first-order valence-electron chi connectivity index (χ1n) is 8.66. The Morgan fingerprint density at radius 3 is 2.81 bits per heavy atom. The van der Waals surface area contributed by atoms with Crippen molar-refractivity contribution in [1.29, 1.82) is 0 Å². The first kappa shape index (κ1) is 17.2. The fourth-order valence-electron chi connectivity index (χ4n) is 3.39. The molecule has 0 saturated heterocycles. The quantitative estimate of drug-likeness (QED) is 0.771. The Hall–Kier alpha value is -3.22. The molecule has 1 aliphatic rings. The van der Waals surface area contributed by atoms with Crippen molar-refractivity contribution in [3.63, 3.8) is 0 Å². The number of carbonyl (C=O) groups excluding carboxylic acids is 1. The molecule has 0 aliphatic carbocycles. The van der Waals surface area contributed by atoms with Gasteiger partial charge in [-0.3, -0.25) is 19.1 Å². The second-order valence-electron chi connectivity index (χ2n) is 6.63. The summed E-state index contributed by atoms with van der Waals surface area (Å²) in [7, 11) is 1.48. The number of rotatable bonds is 3. The number of carbonyl (C=O) groups is 1. The fraction of sp³-hybridized carbons (Fsp3) is 0.250. The highest BCUT2D eigenvalue weighted by Crippen LogP contribution is 2.33. The number of nitrogens with zero attached hydrogens (tertiary/aromatic N) is 2. The van der Waals surface area contributed by atoms with E-state index in [1.54, 1.807) is 22.9 Å². The molecule has 7 heteroatoms. The number of amides is 1. The summed E-state index contributed by atoms with van der Waals surface area (Å²) in [4.78, 5) is 29.3. The van der Waals surface area contributed by atoms with Gasteiger partial charge in [-0.1, -0.05) is 12.1 Å². The van der Waals surface area contributed by atoms with Crippen LogP contribution >= 0.6 is 0 Å². The zero-order valence-electron chi connectivity index (χ0n) is 15.0. The summed E-state index contributed by atoms with van der Waals surface area (Å²) in [6.45, 7) is 2.21. The molecule has 1 aromatic carbocycles. The van der Waals surface area contributed by atoms with E-state index < -0.39 is 5.91 Å². The first-order valence-corrected chi connectivity index (χ1v) is 8.66. The lowest BCUT2D eigenvalue weighted by atomic mass is 10.0. The molecular formula is C20H18FN3O3. The van der Waals surface area contributed by atoms with Crippen molar-refractivity contribution < 1.29 is 13.9 Å². The lowest BCUT2D eigenvalue weighted by Gasteiger charge is -2.27. The van der Waals surface area contributed by atoms with Crippen molar-refractivity contribution in [2.75, 3.05) is 7.05 Å². The summed E-state index contributed by atoms with van der Waals surface area (Å²) in [5.41, 5.74) is 2.53. The number of halogens is 1. The summed E-state index contributed by atoms with van der Waals surface area (Å²) >= 11 is 0. The van der Waals surface area contributed by atoms with Gasteiger partial charge in [-0.15, -0.1) is 0 Å². The third-order valence-electron chi connectivity index (χ3n) is 4.67. The molecule has 1 unspecified atom stereocenters. The highest BCUT2D eigenvalue weighted by molar-refractivity contribution is 5.97. The molecule has 27 heavy (non-hydrogen) atoms. The van der Waals surface area contributed by atoms with Crippen LogP contribution in [0.5, 0.6) is 5.75 Å². The van der Waals surface area contributed by atoms with Gasteiger partial charge in [0, 0.05) is 25.2 Å². The van der Waals surface area contributed by atoms with Gasteiger partial charge in [-0.25, -0.2) is 4.39 Å². The Bertz CT molecular complexity index is 1110. The minimum absolute atomic E-state index is 0.0591. The average molecular weight is 367 g/mol. The molecule has 0 radical (unpaired) electrons. The zero-order valence-corrected chi connectivity index (χ0v) is 15.0. The van der Waals surface area contributed by atoms with Crippen LogP contribution in [-0.2, 0) is 13.0 Å². The smallest absolute Gasteiger partial charge is 0.264 e. The first-order chi connectivity index (χ1) is 13.0. The highest BCUT2D eigenvalue weighted by Gasteiger charge is 2.26. The summed E-state index contributed by atoms with van der Waals surface area (Å²) in [6.07, 6.45) is 1.95. The number of nitrogens with one attached hydrogen (secondary N) is 1. The molecule has 0 fully saturated rings. The van der Waals surface area contributed by atoms with E-state index >= 15 is 0 Å². The third-order valence-corrected chi connectivity index (χ3v) is 4.67. The molecule has 0 spiro atoms. The molecule has 138 valence electrons. The van der Waals surface area contributed by atoms with Crippen molar-refractivity contribution in [1.82, 2.24) is 14.9 Å². The van der Waals surface area contributed by atoms with Crippen LogP contribution in [0.2, 0.25) is 0 Å². The standard InChI is InChI=1S/C20H18FN3O3/c1-11-10-24-17-16(8-15(20(24)26)19(25)22-2)23-9-13(18(17)27-11)7-12-3-5-14(21)6-4-12/h3-6,8-9,11H,7,10H2,1-2H3,(H,22,25). The predicted octanol–water partition coefficient (Wildman–Crippen LogP) is 2.27. The van der Waals surface area contributed by atoms with Crippen molar-refractivity contribution in [3.8, 4) is 5.75 Å². The number of hydrogen-bond acceptors (Lipinski definition) is 4. The fourth-order valence-corrected chi connectivity index (χ4v) is 3.39. The number of benzene rings is 1. The number of pyridine rings is 2. The van der Waals surface area contributed by atoms with Gasteiger partial charge in [0.1, 0.15) is 23.0 Å². The van der Waals surface area contributed by atoms with Gasteiger partial charge in [0.05, 0.1) is 12.1 Å². The lowest BCUT2D eigenvalue weighted by Crippen LogP contribution is -2.37. The molecule has 3 heterocycles. The third kappa shape index (κ3) is 2.95. The van der Waals surface area contributed by atoms with E-state index in [1.807, 2.05) is 6.92 Å². The molecule has 1 aliphatic heterocycles. The van der Waals surface area contributed by atoms with E-state index in [0.717, 1.165) is 11.1 Å². The van der Waals surface area contributed by atoms with Gasteiger partial charge in [0.2, 0.25) is 0 Å². The Kier molecular flexibility index (Phi) is 4.14. The van der Waals surface area contributed by atoms with Crippen LogP contribution in [0.3, 0.4) is 0 Å². The van der Waals surface area contributed by atoms with E-state index in [9.17, 15) is 14.0 Å². The normalized spacial score (nSPS) is 15.4. The van der Waals surface area contributed by atoms with Crippen LogP contribution < -0.4 is 15.6 Å². The van der Waals surface area contributed by atoms with Crippen molar-refractivity contribution in [3.05, 3.63) is 69.4 Å². The van der Waals surface area contributed by atoms with Gasteiger partial charge < -0.3 is 10.1 Å². The maximum absolute atomic E-state index is 13.2. The lowest BCUT2D eigenvalue weighted by molar-refractivity contribution is 0.0960. The van der Waals surface area contributed by atoms with E-state index in [4.69, 9.17) is 4.74 Å². The molecule has 0 saturated carbocycles. The van der Waals surface area contributed by atoms with Gasteiger partial charge in [0.25, 0.3) is 11.5 Å². The molecule has 0 bridgehead atoms. The van der Waals surface area contributed by atoms with Gasteiger partial charge >= 0.3 is 0 Å². The Morgan fingerprint density at radius 2 is 2.11 bits per heavy atom. The Morgan fingerprint density at radius 1 is 1.37 bits per heavy atom. The molecule has 1 amide bonds. The molecule has 1 N–H and O–H groups in total. The van der Waals surface area contributed by atoms with Gasteiger partial charge in [0.15, 0.2) is 5.75 Å². The number of hydrogen-bond donors (Lipinski definition) is 1. The highest BCUT2D eigenvalue weighted by atomic mass is 19.1. The van der Waals surface area contributed by atoms with Crippen LogP contribution in [0.4, 0.5) is 4.39 Å². The van der Waals surface area contributed by atoms with E-state index in [2.05, 4.69) is 10.3 Å². The minimum Gasteiger partial charge on any atom is -0.486 e. The minimum atomic E-state index is -0.441. The number of ether oxygens (including phenoxy) is 1. The van der Waals surface area contributed by atoms with Gasteiger partial charge in [-0.2, -0.15) is 0 Å². The van der Waals surface area contributed by atoms with Crippen molar-refractivity contribution in [2.24, 2.45) is 0 Å². The largest absolute Gasteiger partial charge is 0.486 e. The monoisotopic (exact) mass is 367 g/mol. The summed E-state index contributed by atoms with van der Waals surface area (Å²) in [5.74, 6) is -0.149. The molecule has 4 rings (SSSR count). The van der Waals surface area contributed by atoms with E-state index in [1.165, 1.54) is 25.2 Å². The average Bonchev–Trinajstić information content (AvgIpc) is 2.67. The molecule has 1 atom stereocenters. The van der Waals surface area contributed by atoms with E-state index in [-0.39, 0.29) is 23.0 Å². The zero-order chi connectivity index (χ0) is 19.1. The SMILES string of the molecule is CNC(=O)c1cc2ncc(Cc3ccc(F)cc3)c3c2n(c1=O)CC(C)O3. The second-order valence-corrected chi connectivity index (χ2v) is 6.63. The topological polar surface area (TPSA) is 73.2 Å². The van der Waals surface area contributed by atoms with Gasteiger partial charge in [-0.05, 0) is 30.7 Å². The summed E-state index contributed by atoms with van der Waals surface area (Å²) in [6, 6.07) is 7.73. The maximum Gasteiger partial charge on any atom is 0.264 e. The van der Waals surface area contributed by atoms with Crippen LogP contribution in [0, 0.1) is 5.82 Å². The molecule has 6 nitrogen and oxygen atoms in total. The summed E-state index contributed by atoms with van der Waals surface area (Å²) < 4.78 is 20.8. The second kappa shape index (κ2) is 6.50. The van der Waals surface area contributed by atoms with Crippen LogP contribution in [0.25, 0.3) is 11.0 Å². The summed E-state index contributed by atoms with van der Waals surface area (Å²) in [5, 5.41) is 2.49. The van der Waals surface area contributed by atoms with Crippen molar-refractivity contribution in [2.45, 2.75) is 26.0 Å². The van der Waals surface area contributed by atoms with Crippen LogP contribution in [0.15, 0.2) is 41.3 Å². The maximum atomic E-state index is 13.2. The molecule has 2 aromatic heterocycles. The molecular weight excluding hydrogens is 349 g/mol. The molecule has 3 aromatic rings. The van der Waals surface area contributed by atoms with Crippen LogP contribution in [0.1, 0.15) is 28.4 Å². The van der Waals surface area contributed by atoms with Crippen LogP contribution in [-0.4, -0.2) is 28.6 Å². The Balaban J connectivity index is 1.91. The predicted molar refractivity (Wildman–Crippen MR) is 98.7 cm³/mol. The Labute approximate surface area is 154 Å². The van der Waals surface area contributed by atoms with E-state index in [0.29, 0.717) is 29.7 Å². The van der Waals surface area contributed by atoms with Crippen molar-refractivity contribution >= 4 is 16.9 Å².